The quantitative estimate of drug-likeness (QED) is 0.0225. The molecule has 5 aromatic heterocycles. The fourth-order valence-corrected chi connectivity index (χ4v) is 21.2. The number of esters is 2. The van der Waals surface area contributed by atoms with Crippen LogP contribution in [0, 0.1) is 32.6 Å². The van der Waals surface area contributed by atoms with Crippen LogP contribution in [0.25, 0.3) is 0 Å². The second-order valence-electron chi connectivity index (χ2n) is 23.4. The van der Waals surface area contributed by atoms with Gasteiger partial charge in [-0.2, -0.15) is 0 Å². The Bertz CT molecular complexity index is 4670. The van der Waals surface area contributed by atoms with Gasteiger partial charge in [0.2, 0.25) is 11.8 Å². The van der Waals surface area contributed by atoms with E-state index in [0.717, 1.165) is 50.3 Å². The molecule has 0 spiro atoms. The molecule has 6 aliphatic heterocycles. The number of aromatic nitrogens is 14. The number of carboxylic acid groups (broad SMARTS) is 1. The number of hydrogen-bond acceptors (Lipinski definition) is 35. The van der Waals surface area contributed by atoms with E-state index in [1.807, 2.05) is 45.0 Å². The molecule has 105 heavy (non-hydrogen) atoms. The van der Waals surface area contributed by atoms with Crippen LogP contribution in [0.4, 0.5) is 0 Å². The highest BCUT2D eigenvalue weighted by molar-refractivity contribution is 8.02. The number of Topliss-reactive ketones (excluding diaryl/α,β-unsaturated/α-hetero) is 2. The van der Waals surface area contributed by atoms with Crippen molar-refractivity contribution in [2.24, 2.45) is 16.8 Å². The number of carbonyl (C=O) groups excluding carboxylic acids is 7. The van der Waals surface area contributed by atoms with E-state index < -0.39 is 35.8 Å². The summed E-state index contributed by atoms with van der Waals surface area (Å²) < 4.78 is 26.6. The van der Waals surface area contributed by atoms with Gasteiger partial charge in [0.25, 0.3) is 5.91 Å². The number of fused-ring (bicyclic) bond motifs is 3. The Balaban J connectivity index is 0.000000149. The Morgan fingerprint density at radius 2 is 0.962 bits per heavy atom. The summed E-state index contributed by atoms with van der Waals surface area (Å²) in [6.45, 7) is 5.71. The Kier molecular flexibility index (Phi) is 25.2. The zero-order chi connectivity index (χ0) is 73.8. The van der Waals surface area contributed by atoms with Crippen molar-refractivity contribution in [3.8, 4) is 17.2 Å². The van der Waals surface area contributed by atoms with Gasteiger partial charge in [0, 0.05) is 59.1 Å². The molecule has 2 N–H and O–H groups in total. The summed E-state index contributed by atoms with van der Waals surface area (Å²) in [5.74, 6) is -0.0739. The highest BCUT2D eigenvalue weighted by Crippen LogP contribution is 2.49. The number of thioether (sulfide) groups is 6. The number of carbonyl (C=O) groups is 8. The van der Waals surface area contributed by atoms with Crippen LogP contribution in [0.15, 0.2) is 137 Å². The number of ketones is 2. The van der Waals surface area contributed by atoms with Crippen LogP contribution < -0.4 is 9.47 Å². The summed E-state index contributed by atoms with van der Waals surface area (Å²) >= 11 is 13.3. The molecule has 6 aliphatic rings. The fraction of sp³-hybridized carbons (Fsp3) is 0.359. The van der Waals surface area contributed by atoms with Crippen molar-refractivity contribution in [1.82, 2.24) is 85.7 Å². The summed E-state index contributed by atoms with van der Waals surface area (Å²) in [7, 11) is 3.17. The average Bonchev–Trinajstić information content (AvgIpc) is 1.36. The van der Waals surface area contributed by atoms with Gasteiger partial charge in [-0.1, -0.05) is 106 Å². The summed E-state index contributed by atoms with van der Waals surface area (Å²) in [6.07, 6.45) is 4.27. The lowest BCUT2D eigenvalue weighted by molar-refractivity contribution is -0.156. The highest BCUT2D eigenvalue weighted by Gasteiger charge is 2.56. The zero-order valence-corrected chi connectivity index (χ0v) is 63.5. The molecule has 6 atom stereocenters. The number of methoxy groups -OCH3 is 2. The number of benzene rings is 3. The smallest absolute Gasteiger partial charge is 0.355 e. The number of aliphatic imine (C=N–C) groups is 1. The van der Waals surface area contributed by atoms with E-state index in [0.29, 0.717) is 57.2 Å². The minimum atomic E-state index is -1.13. The second-order valence-corrected chi connectivity index (χ2v) is 33.9. The van der Waals surface area contributed by atoms with Crippen molar-refractivity contribution in [3.05, 3.63) is 151 Å². The van der Waals surface area contributed by atoms with E-state index in [1.165, 1.54) is 124 Å². The first kappa shape index (κ1) is 75.7. The number of tetrazole rings is 2. The van der Waals surface area contributed by atoms with Crippen molar-refractivity contribution in [2.75, 3.05) is 48.7 Å². The van der Waals surface area contributed by atoms with Gasteiger partial charge in [-0.15, -0.1) is 76.1 Å². The molecule has 32 nitrogen and oxygen atoms in total. The van der Waals surface area contributed by atoms with Gasteiger partial charge in [-0.05, 0) is 106 Å². The van der Waals surface area contributed by atoms with Crippen LogP contribution >= 0.6 is 105 Å². The molecule has 0 radical (unpaired) electrons. The molecule has 3 aromatic carbocycles. The lowest BCUT2D eigenvalue weighted by Gasteiger charge is -2.49. The van der Waals surface area contributed by atoms with Crippen LogP contribution in [0.5, 0.6) is 17.2 Å². The first-order valence-electron chi connectivity index (χ1n) is 31.7. The molecule has 41 heteroatoms. The van der Waals surface area contributed by atoms with Gasteiger partial charge < -0.3 is 29.2 Å². The maximum Gasteiger partial charge on any atom is 0.355 e. The zero-order valence-electron chi connectivity index (χ0n) is 56.1. The number of amides is 3. The van der Waals surface area contributed by atoms with Crippen LogP contribution in [-0.2, 0) is 74.1 Å². The van der Waals surface area contributed by atoms with Gasteiger partial charge in [0.1, 0.15) is 93.7 Å². The Morgan fingerprint density at radius 3 is 1.35 bits per heavy atom. The topological polar surface area (TPSA) is 401 Å². The van der Waals surface area contributed by atoms with Gasteiger partial charge in [0.05, 0.1) is 36.8 Å². The van der Waals surface area contributed by atoms with E-state index in [9.17, 15) is 48.6 Å². The number of aryl methyl sites for hydroxylation is 3. The molecule has 11 heterocycles. The number of phenols is 1. The molecule has 8 aromatic rings. The SMILES string of the molecule is COc1ccc(COC(=O)C2=C(CSc3nnc(C)s3)CS[C@@H]3[C@H](CC(=O)Cn4cnnn4)C(=O)N23)cc1.COc1ccc(COC(=O)C2=C(CSc3nnc(C)s3)CS[C@@H]3[C@H](N=Cc4ccccc4O)C(=O)N23)cc1.Cc1nnc(SCC2=C(C(=O)O)N3C(=O)[C@@H](CC(=O)Cn4cnnn4)[C@H]3SC2)s1. The first-order valence-corrected chi connectivity index (χ1v) is 40.2. The summed E-state index contributed by atoms with van der Waals surface area (Å²) in [5, 5.41) is 67.0. The molecule has 0 saturated carbocycles. The number of aromatic hydroxyl groups is 1. The van der Waals surface area contributed by atoms with Gasteiger partial charge in [0.15, 0.2) is 30.6 Å². The third-order valence-corrected chi connectivity index (χ3v) is 26.6. The number of phenolic OH excluding ortho intramolecular Hbond substituents is 1. The van der Waals surface area contributed by atoms with Gasteiger partial charge in [-0.3, -0.25) is 43.7 Å². The maximum atomic E-state index is 13.4. The van der Waals surface area contributed by atoms with Gasteiger partial charge in [-0.25, -0.2) is 23.7 Å². The Morgan fingerprint density at radius 1 is 0.552 bits per heavy atom. The summed E-state index contributed by atoms with van der Waals surface area (Å²) in [4.78, 5) is 111. The van der Waals surface area contributed by atoms with Crippen molar-refractivity contribution >= 4 is 158 Å². The van der Waals surface area contributed by atoms with Crippen molar-refractivity contribution < 1.29 is 67.5 Å². The normalized spacial score (nSPS) is 19.4. The van der Waals surface area contributed by atoms with Crippen molar-refractivity contribution in [3.63, 3.8) is 0 Å². The minimum Gasteiger partial charge on any atom is -0.507 e. The van der Waals surface area contributed by atoms with E-state index in [4.69, 9.17) is 18.9 Å². The predicted octanol–water partition coefficient (Wildman–Crippen LogP) is 6.63. The molecule has 3 saturated heterocycles. The van der Waals surface area contributed by atoms with E-state index in [-0.39, 0.29) is 107 Å². The molecule has 3 amide bonds. The highest BCUT2D eigenvalue weighted by atomic mass is 32.2. The number of ether oxygens (including phenoxy) is 4. The summed E-state index contributed by atoms with van der Waals surface area (Å²) in [5.41, 5.74) is 4.94. The second kappa shape index (κ2) is 35.0. The Hall–Kier alpha value is -8.97. The lowest BCUT2D eigenvalue weighted by atomic mass is 9.90. The molecule has 0 bridgehead atoms. The maximum absolute atomic E-state index is 13.4. The van der Waals surface area contributed by atoms with E-state index in [2.05, 4.69) is 66.6 Å². The first-order chi connectivity index (χ1) is 50.8. The standard InChI is InChI=1S/C26H24N4O5S3.C23H23N7O5S3.C15H15N7O4S3/c1-15-28-29-26(38-15)37-14-18-13-36-24-21(27-11-17-5-3-4-6-20(17)31)23(32)30(24)22(18)25(33)35-12-16-7-9-19(34-2)10-8-16;1-13-25-26-23(38-13)37-11-15-10-36-21-18(7-16(31)8-29-12-24-27-28-29)20(32)30(21)19(15)22(33)35-9-14-3-5-17(34-2)6-4-14;1-7-17-18-15(29-7)28-5-8-4-27-13-10(12(24)22(13)11(8)14(25)26)2-9(23)3-21-6-16-19-20-21/h3-11,21,24,31H,12-14H2,1-2H3;3-6,12,18,21H,7-11H2,1-2H3;6,10,13H,2-5H2,1H3,(H,25,26)/t21-,24-;18-,21-;10-,13-/m111/s1. The number of β-lactam (4-membered cyclic amide) rings is 3. The number of carboxylic acids is 1. The fourth-order valence-electron chi connectivity index (χ4n) is 11.2. The lowest BCUT2D eigenvalue weighted by Crippen LogP contribution is -2.64. The minimum absolute atomic E-state index is 0.01000. The predicted molar refractivity (Wildman–Crippen MR) is 391 cm³/mol. The summed E-state index contributed by atoms with van der Waals surface area (Å²) in [6, 6.07) is 20.6. The van der Waals surface area contributed by atoms with Gasteiger partial charge >= 0.3 is 17.9 Å². The van der Waals surface area contributed by atoms with E-state index in [1.54, 1.807) is 86.3 Å². The molecule has 546 valence electrons. The molecule has 14 rings (SSSR count). The van der Waals surface area contributed by atoms with Crippen LogP contribution in [0.2, 0.25) is 0 Å². The molecule has 0 aliphatic carbocycles. The van der Waals surface area contributed by atoms with Crippen LogP contribution in [0.3, 0.4) is 0 Å². The molecule has 0 unspecified atom stereocenters. The molecule has 3 fully saturated rings. The molecular formula is C64H62N18O14S9. The van der Waals surface area contributed by atoms with E-state index >= 15 is 0 Å². The van der Waals surface area contributed by atoms with Crippen molar-refractivity contribution in [2.45, 2.75) is 95.1 Å². The van der Waals surface area contributed by atoms with Crippen molar-refractivity contribution in [1.29, 1.82) is 0 Å². The third-order valence-electron chi connectivity index (χ3n) is 16.3. The van der Waals surface area contributed by atoms with Crippen LogP contribution in [0.1, 0.15) is 44.6 Å². The number of aliphatic carboxylic acids is 1. The number of rotatable bonds is 28. The number of hydrogen-bond donors (Lipinski definition) is 2. The van der Waals surface area contributed by atoms with Crippen LogP contribution in [-0.4, -0.2) is 220 Å². The number of nitrogens with zero attached hydrogens (tertiary/aromatic N) is 18. The Labute approximate surface area is 635 Å². The molecular weight excluding hydrogens is 1530 g/mol. The monoisotopic (exact) mass is 1590 g/mol. The third kappa shape index (κ3) is 18.3. The average molecular weight is 1600 g/mol. The number of para-hydroxylation sites is 1. The largest absolute Gasteiger partial charge is 0.507 e.